The number of ether oxygens (including phenoxy) is 1. The van der Waals surface area contributed by atoms with E-state index in [-0.39, 0.29) is 0 Å². The first kappa shape index (κ1) is 12.7. The number of benzene rings is 2. The number of hydrogen-bond acceptors (Lipinski definition) is 2. The third kappa shape index (κ3) is 3.11. The van der Waals surface area contributed by atoms with Crippen LogP contribution in [0.4, 0.5) is 0 Å². The molecule has 0 saturated heterocycles. The van der Waals surface area contributed by atoms with Gasteiger partial charge in [0, 0.05) is 0 Å². The first-order valence-electron chi connectivity index (χ1n) is 6.21. The lowest BCUT2D eigenvalue weighted by atomic mass is 10.1. The smallest absolute Gasteiger partial charge is 0.127 e. The lowest BCUT2D eigenvalue weighted by Gasteiger charge is -2.10. The molecule has 94 valence electrons. The Morgan fingerprint density at radius 2 is 1.78 bits per heavy atom. The van der Waals surface area contributed by atoms with E-state index in [0.29, 0.717) is 0 Å². The summed E-state index contributed by atoms with van der Waals surface area (Å²) in [5.74, 6) is 1.62. The van der Waals surface area contributed by atoms with Crippen LogP contribution in [0.1, 0.15) is 30.6 Å². The lowest BCUT2D eigenvalue weighted by molar-refractivity contribution is 0.173. The molecule has 1 N–H and O–H groups in total. The van der Waals surface area contributed by atoms with Crippen molar-refractivity contribution in [2.24, 2.45) is 0 Å². The maximum absolute atomic E-state index is 9.71. The van der Waals surface area contributed by atoms with Crippen LogP contribution in [0.5, 0.6) is 11.5 Å². The zero-order valence-corrected chi connectivity index (χ0v) is 10.8. The predicted molar refractivity (Wildman–Crippen MR) is 72.9 cm³/mol. The molecule has 0 spiro atoms. The zero-order chi connectivity index (χ0) is 13.0. The van der Waals surface area contributed by atoms with Crippen molar-refractivity contribution in [2.45, 2.75) is 26.4 Å². The van der Waals surface area contributed by atoms with Crippen LogP contribution >= 0.6 is 0 Å². The summed E-state index contributed by atoms with van der Waals surface area (Å²) in [6.45, 7) is 4.00. The molecule has 0 heterocycles. The van der Waals surface area contributed by atoms with Crippen LogP contribution in [-0.4, -0.2) is 5.11 Å². The Hall–Kier alpha value is -1.80. The fourth-order valence-corrected chi connectivity index (χ4v) is 1.81. The van der Waals surface area contributed by atoms with Gasteiger partial charge in [-0.15, -0.1) is 0 Å². The van der Waals surface area contributed by atoms with Gasteiger partial charge in [-0.05, 0) is 48.7 Å². The van der Waals surface area contributed by atoms with E-state index >= 15 is 0 Å². The van der Waals surface area contributed by atoms with Gasteiger partial charge in [0.15, 0.2) is 0 Å². The van der Waals surface area contributed by atoms with Crippen LogP contribution in [0.25, 0.3) is 0 Å². The highest BCUT2D eigenvalue weighted by Gasteiger charge is 2.04. The maximum Gasteiger partial charge on any atom is 0.127 e. The summed E-state index contributed by atoms with van der Waals surface area (Å²) in [6.07, 6.45) is 0.330. The molecule has 0 radical (unpaired) electrons. The predicted octanol–water partition coefficient (Wildman–Crippen LogP) is 4.23. The molecule has 2 rings (SSSR count). The van der Waals surface area contributed by atoms with Gasteiger partial charge in [-0.1, -0.05) is 31.2 Å². The second-order valence-corrected chi connectivity index (χ2v) is 4.41. The Bertz CT molecular complexity index is 503. The molecule has 0 amide bonds. The van der Waals surface area contributed by atoms with Gasteiger partial charge in [0.2, 0.25) is 0 Å². The standard InChI is InChI=1S/C16H18O2/c1-3-16(17)13-7-9-14(10-8-13)18-15-6-4-5-12(2)11-15/h4-11,16-17H,3H2,1-2H3/t16-/m1/s1. The molecular weight excluding hydrogens is 224 g/mol. The first-order chi connectivity index (χ1) is 8.69. The Kier molecular flexibility index (Phi) is 4.00. The summed E-state index contributed by atoms with van der Waals surface area (Å²) in [4.78, 5) is 0. The summed E-state index contributed by atoms with van der Waals surface area (Å²) < 4.78 is 5.75. The highest BCUT2D eigenvalue weighted by atomic mass is 16.5. The van der Waals surface area contributed by atoms with Gasteiger partial charge in [0.1, 0.15) is 11.5 Å². The molecule has 2 aromatic carbocycles. The fourth-order valence-electron chi connectivity index (χ4n) is 1.81. The molecule has 2 heteroatoms. The molecule has 0 aromatic heterocycles. The van der Waals surface area contributed by atoms with E-state index in [4.69, 9.17) is 4.74 Å². The Morgan fingerprint density at radius 1 is 1.06 bits per heavy atom. The van der Waals surface area contributed by atoms with E-state index in [2.05, 4.69) is 0 Å². The van der Waals surface area contributed by atoms with Gasteiger partial charge in [-0.3, -0.25) is 0 Å². The van der Waals surface area contributed by atoms with Gasteiger partial charge < -0.3 is 9.84 Å². The van der Waals surface area contributed by atoms with E-state index in [0.717, 1.165) is 23.5 Å². The summed E-state index contributed by atoms with van der Waals surface area (Å²) in [6, 6.07) is 15.5. The highest BCUT2D eigenvalue weighted by Crippen LogP contribution is 2.24. The molecule has 0 aliphatic rings. The molecule has 0 fully saturated rings. The van der Waals surface area contributed by atoms with Gasteiger partial charge in [-0.25, -0.2) is 0 Å². The number of aliphatic hydroxyl groups excluding tert-OH is 1. The van der Waals surface area contributed by atoms with Gasteiger partial charge in [-0.2, -0.15) is 0 Å². The maximum atomic E-state index is 9.71. The van der Waals surface area contributed by atoms with Crippen molar-refractivity contribution < 1.29 is 9.84 Å². The second-order valence-electron chi connectivity index (χ2n) is 4.41. The number of aliphatic hydroxyl groups is 1. The van der Waals surface area contributed by atoms with E-state index in [1.54, 1.807) is 0 Å². The van der Waals surface area contributed by atoms with E-state index in [1.165, 1.54) is 5.56 Å². The van der Waals surface area contributed by atoms with Gasteiger partial charge in [0.25, 0.3) is 0 Å². The van der Waals surface area contributed by atoms with E-state index < -0.39 is 6.10 Å². The molecule has 2 aromatic rings. The largest absolute Gasteiger partial charge is 0.457 e. The summed E-state index contributed by atoms with van der Waals surface area (Å²) >= 11 is 0. The average Bonchev–Trinajstić information content (AvgIpc) is 2.39. The van der Waals surface area contributed by atoms with Crippen LogP contribution in [0, 0.1) is 6.92 Å². The molecule has 18 heavy (non-hydrogen) atoms. The van der Waals surface area contributed by atoms with Gasteiger partial charge >= 0.3 is 0 Å². The molecular formula is C16H18O2. The van der Waals surface area contributed by atoms with Crippen LogP contribution in [0.2, 0.25) is 0 Å². The molecule has 0 aliphatic heterocycles. The first-order valence-corrected chi connectivity index (χ1v) is 6.21. The van der Waals surface area contributed by atoms with Crippen molar-refractivity contribution in [3.63, 3.8) is 0 Å². The SMILES string of the molecule is CC[C@@H](O)c1ccc(Oc2cccc(C)c2)cc1. The van der Waals surface area contributed by atoms with Crippen LogP contribution in [0.15, 0.2) is 48.5 Å². The monoisotopic (exact) mass is 242 g/mol. The van der Waals surface area contributed by atoms with E-state index in [1.807, 2.05) is 62.4 Å². The molecule has 0 aliphatic carbocycles. The number of rotatable bonds is 4. The summed E-state index contributed by atoms with van der Waals surface area (Å²) in [7, 11) is 0. The zero-order valence-electron chi connectivity index (χ0n) is 10.8. The van der Waals surface area contributed by atoms with Gasteiger partial charge in [0.05, 0.1) is 6.10 Å². The fraction of sp³-hybridized carbons (Fsp3) is 0.250. The van der Waals surface area contributed by atoms with Crippen molar-refractivity contribution >= 4 is 0 Å². The van der Waals surface area contributed by atoms with Crippen molar-refractivity contribution in [3.8, 4) is 11.5 Å². The van der Waals surface area contributed by atoms with Crippen molar-refractivity contribution in [1.82, 2.24) is 0 Å². The number of hydrogen-bond donors (Lipinski definition) is 1. The second kappa shape index (κ2) is 5.69. The quantitative estimate of drug-likeness (QED) is 0.869. The van der Waals surface area contributed by atoms with Crippen molar-refractivity contribution in [3.05, 3.63) is 59.7 Å². The topological polar surface area (TPSA) is 29.5 Å². The molecule has 0 saturated carbocycles. The minimum Gasteiger partial charge on any atom is -0.457 e. The molecule has 1 atom stereocenters. The molecule has 0 bridgehead atoms. The van der Waals surface area contributed by atoms with Crippen LogP contribution in [-0.2, 0) is 0 Å². The summed E-state index contributed by atoms with van der Waals surface area (Å²) in [5, 5.41) is 9.71. The van der Waals surface area contributed by atoms with E-state index in [9.17, 15) is 5.11 Å². The Labute approximate surface area is 108 Å². The third-order valence-corrected chi connectivity index (χ3v) is 2.88. The minimum absolute atomic E-state index is 0.391. The Balaban J connectivity index is 2.11. The minimum atomic E-state index is -0.391. The van der Waals surface area contributed by atoms with Crippen LogP contribution in [0.3, 0.4) is 0 Å². The molecule has 2 nitrogen and oxygen atoms in total. The lowest BCUT2D eigenvalue weighted by Crippen LogP contribution is -1.94. The molecule has 0 unspecified atom stereocenters. The van der Waals surface area contributed by atoms with Crippen molar-refractivity contribution in [2.75, 3.05) is 0 Å². The van der Waals surface area contributed by atoms with Crippen LogP contribution < -0.4 is 4.74 Å². The summed E-state index contributed by atoms with van der Waals surface area (Å²) in [5.41, 5.74) is 2.10. The third-order valence-electron chi connectivity index (χ3n) is 2.88. The number of aryl methyl sites for hydroxylation is 1. The van der Waals surface area contributed by atoms with Crippen molar-refractivity contribution in [1.29, 1.82) is 0 Å². The highest BCUT2D eigenvalue weighted by molar-refractivity contribution is 5.35. The Morgan fingerprint density at radius 3 is 2.39 bits per heavy atom. The average molecular weight is 242 g/mol. The normalized spacial score (nSPS) is 12.2.